The molecule has 2 rings (SSSR count). The zero-order chi connectivity index (χ0) is 13.7. The van der Waals surface area contributed by atoms with Crippen LogP contribution in [-0.4, -0.2) is 5.91 Å². The van der Waals surface area contributed by atoms with Crippen LogP contribution in [0.5, 0.6) is 0 Å². The van der Waals surface area contributed by atoms with Gasteiger partial charge >= 0.3 is 0 Å². The molecule has 0 heterocycles. The van der Waals surface area contributed by atoms with Gasteiger partial charge in [-0.05, 0) is 29.2 Å². The molecular weight excluding hydrogens is 234 g/mol. The topological polar surface area (TPSA) is 29.1 Å². The van der Waals surface area contributed by atoms with E-state index in [1.807, 2.05) is 42.5 Å². The molecule has 0 aliphatic heterocycles. The van der Waals surface area contributed by atoms with Crippen molar-refractivity contribution < 1.29 is 4.79 Å². The molecule has 1 N–H and O–H groups in total. The molecule has 2 aromatic carbocycles. The fourth-order valence-corrected chi connectivity index (χ4v) is 1.94. The predicted octanol–water partition coefficient (Wildman–Crippen LogP) is 3.99. The van der Waals surface area contributed by atoms with E-state index in [2.05, 4.69) is 31.3 Å². The SMILES string of the molecule is CC(C)c1ccc(NC(=O)Cc2ccccc2)cc1. The zero-order valence-electron chi connectivity index (χ0n) is 11.4. The maximum Gasteiger partial charge on any atom is 0.228 e. The Morgan fingerprint density at radius 1 is 1.00 bits per heavy atom. The number of hydrogen-bond acceptors (Lipinski definition) is 1. The van der Waals surface area contributed by atoms with Crippen molar-refractivity contribution in [3.8, 4) is 0 Å². The first-order chi connectivity index (χ1) is 9.15. The van der Waals surface area contributed by atoms with Crippen molar-refractivity contribution in [2.24, 2.45) is 0 Å². The number of anilines is 1. The summed E-state index contributed by atoms with van der Waals surface area (Å²) >= 11 is 0. The van der Waals surface area contributed by atoms with Crippen molar-refractivity contribution in [1.82, 2.24) is 0 Å². The Balaban J connectivity index is 1.95. The standard InChI is InChI=1S/C17H19NO/c1-13(2)15-8-10-16(11-9-15)18-17(19)12-14-6-4-3-5-7-14/h3-11,13H,12H2,1-2H3,(H,18,19). The van der Waals surface area contributed by atoms with Crippen LogP contribution in [-0.2, 0) is 11.2 Å². The lowest BCUT2D eigenvalue weighted by Crippen LogP contribution is -2.14. The molecule has 0 bridgehead atoms. The van der Waals surface area contributed by atoms with Crippen LogP contribution >= 0.6 is 0 Å². The summed E-state index contributed by atoms with van der Waals surface area (Å²) in [4.78, 5) is 11.9. The minimum absolute atomic E-state index is 0.0171. The summed E-state index contributed by atoms with van der Waals surface area (Å²) in [7, 11) is 0. The molecule has 0 radical (unpaired) electrons. The highest BCUT2D eigenvalue weighted by molar-refractivity contribution is 5.92. The first-order valence-electron chi connectivity index (χ1n) is 6.59. The second-order valence-corrected chi connectivity index (χ2v) is 4.99. The quantitative estimate of drug-likeness (QED) is 0.877. The van der Waals surface area contributed by atoms with Gasteiger partial charge in [0.05, 0.1) is 6.42 Å². The van der Waals surface area contributed by atoms with Gasteiger partial charge in [0.15, 0.2) is 0 Å². The molecule has 0 aromatic heterocycles. The summed E-state index contributed by atoms with van der Waals surface area (Å²) in [5.74, 6) is 0.526. The van der Waals surface area contributed by atoms with Gasteiger partial charge in [-0.2, -0.15) is 0 Å². The Morgan fingerprint density at radius 3 is 2.21 bits per heavy atom. The van der Waals surface area contributed by atoms with E-state index >= 15 is 0 Å². The number of carbonyl (C=O) groups is 1. The lowest BCUT2D eigenvalue weighted by molar-refractivity contribution is -0.115. The zero-order valence-corrected chi connectivity index (χ0v) is 11.4. The van der Waals surface area contributed by atoms with Crippen LogP contribution in [0.25, 0.3) is 0 Å². The number of carbonyl (C=O) groups excluding carboxylic acids is 1. The van der Waals surface area contributed by atoms with Crippen LogP contribution in [0, 0.1) is 0 Å². The third-order valence-corrected chi connectivity index (χ3v) is 3.07. The second-order valence-electron chi connectivity index (χ2n) is 4.99. The largest absolute Gasteiger partial charge is 0.326 e. The number of hydrogen-bond donors (Lipinski definition) is 1. The maximum atomic E-state index is 11.9. The van der Waals surface area contributed by atoms with Gasteiger partial charge in [-0.1, -0.05) is 56.3 Å². The van der Waals surface area contributed by atoms with E-state index in [0.29, 0.717) is 12.3 Å². The smallest absolute Gasteiger partial charge is 0.228 e. The van der Waals surface area contributed by atoms with Gasteiger partial charge in [0, 0.05) is 5.69 Å². The van der Waals surface area contributed by atoms with Gasteiger partial charge in [-0.25, -0.2) is 0 Å². The first-order valence-corrected chi connectivity index (χ1v) is 6.59. The normalized spacial score (nSPS) is 10.5. The molecule has 19 heavy (non-hydrogen) atoms. The Hall–Kier alpha value is -2.09. The summed E-state index contributed by atoms with van der Waals surface area (Å²) in [5.41, 5.74) is 3.16. The molecule has 0 fully saturated rings. The molecule has 2 heteroatoms. The average Bonchev–Trinajstić information content (AvgIpc) is 2.40. The molecule has 0 aliphatic rings. The summed E-state index contributed by atoms with van der Waals surface area (Å²) in [6.07, 6.45) is 0.409. The van der Waals surface area contributed by atoms with E-state index in [1.54, 1.807) is 0 Å². The Morgan fingerprint density at radius 2 is 1.63 bits per heavy atom. The predicted molar refractivity (Wildman–Crippen MR) is 79.3 cm³/mol. The molecule has 0 atom stereocenters. The maximum absolute atomic E-state index is 11.9. The van der Waals surface area contributed by atoms with Gasteiger partial charge in [-0.15, -0.1) is 0 Å². The summed E-state index contributed by atoms with van der Waals surface area (Å²) in [5, 5.41) is 2.92. The van der Waals surface area contributed by atoms with E-state index in [1.165, 1.54) is 5.56 Å². The van der Waals surface area contributed by atoms with Gasteiger partial charge in [-0.3, -0.25) is 4.79 Å². The summed E-state index contributed by atoms with van der Waals surface area (Å²) < 4.78 is 0. The van der Waals surface area contributed by atoms with E-state index in [9.17, 15) is 4.79 Å². The number of nitrogens with one attached hydrogen (secondary N) is 1. The first kappa shape index (κ1) is 13.3. The Kier molecular flexibility index (Phi) is 4.35. The van der Waals surface area contributed by atoms with E-state index in [-0.39, 0.29) is 5.91 Å². The van der Waals surface area contributed by atoms with E-state index in [4.69, 9.17) is 0 Å². The summed E-state index contributed by atoms with van der Waals surface area (Å²) in [6, 6.07) is 17.8. The van der Waals surface area contributed by atoms with E-state index in [0.717, 1.165) is 11.3 Å². The molecule has 0 aliphatic carbocycles. The molecule has 2 aromatic rings. The van der Waals surface area contributed by atoms with Crippen LogP contribution in [0.2, 0.25) is 0 Å². The Labute approximate surface area is 114 Å². The lowest BCUT2D eigenvalue weighted by atomic mass is 10.0. The highest BCUT2D eigenvalue weighted by Crippen LogP contribution is 2.17. The van der Waals surface area contributed by atoms with Gasteiger partial charge < -0.3 is 5.32 Å². The molecule has 0 saturated heterocycles. The van der Waals surface area contributed by atoms with Crippen LogP contribution in [0.15, 0.2) is 54.6 Å². The van der Waals surface area contributed by atoms with Crippen molar-refractivity contribution in [2.45, 2.75) is 26.2 Å². The molecular formula is C17H19NO. The fraction of sp³-hybridized carbons (Fsp3) is 0.235. The van der Waals surface area contributed by atoms with Crippen molar-refractivity contribution >= 4 is 11.6 Å². The number of benzene rings is 2. The van der Waals surface area contributed by atoms with Crippen LogP contribution in [0.3, 0.4) is 0 Å². The van der Waals surface area contributed by atoms with Crippen molar-refractivity contribution in [3.05, 3.63) is 65.7 Å². The highest BCUT2D eigenvalue weighted by Gasteiger charge is 2.04. The Bertz CT molecular complexity index is 529. The van der Waals surface area contributed by atoms with Gasteiger partial charge in [0.2, 0.25) is 5.91 Å². The van der Waals surface area contributed by atoms with Crippen LogP contribution < -0.4 is 5.32 Å². The monoisotopic (exact) mass is 253 g/mol. The van der Waals surface area contributed by atoms with Crippen molar-refractivity contribution in [2.75, 3.05) is 5.32 Å². The molecule has 0 saturated carbocycles. The second kappa shape index (κ2) is 6.19. The molecule has 0 spiro atoms. The van der Waals surface area contributed by atoms with Gasteiger partial charge in [0.1, 0.15) is 0 Å². The van der Waals surface area contributed by atoms with Crippen LogP contribution in [0.1, 0.15) is 30.9 Å². The summed E-state index contributed by atoms with van der Waals surface area (Å²) in [6.45, 7) is 4.31. The number of rotatable bonds is 4. The average molecular weight is 253 g/mol. The molecule has 0 unspecified atom stereocenters. The third kappa shape index (κ3) is 3.95. The lowest BCUT2D eigenvalue weighted by Gasteiger charge is -2.08. The van der Waals surface area contributed by atoms with Crippen LogP contribution in [0.4, 0.5) is 5.69 Å². The fourth-order valence-electron chi connectivity index (χ4n) is 1.94. The number of amides is 1. The molecule has 2 nitrogen and oxygen atoms in total. The van der Waals surface area contributed by atoms with Crippen molar-refractivity contribution in [3.63, 3.8) is 0 Å². The minimum atomic E-state index is 0.0171. The third-order valence-electron chi connectivity index (χ3n) is 3.07. The molecule has 1 amide bonds. The van der Waals surface area contributed by atoms with Crippen molar-refractivity contribution in [1.29, 1.82) is 0 Å². The molecule has 98 valence electrons. The highest BCUT2D eigenvalue weighted by atomic mass is 16.1. The minimum Gasteiger partial charge on any atom is -0.326 e. The van der Waals surface area contributed by atoms with E-state index < -0.39 is 0 Å². The van der Waals surface area contributed by atoms with Gasteiger partial charge in [0.25, 0.3) is 0 Å².